The van der Waals surface area contributed by atoms with Crippen molar-refractivity contribution in [3.8, 4) is 0 Å². The SMILES string of the molecule is CC(C)c1ccc(Sc2ncc(C(N)=O)cc2Cl)cc1. The highest BCUT2D eigenvalue weighted by molar-refractivity contribution is 7.99. The molecular formula is C15H15ClN2OS. The minimum Gasteiger partial charge on any atom is -0.366 e. The van der Waals surface area contributed by atoms with Crippen LogP contribution in [0.25, 0.3) is 0 Å². The molecule has 5 heteroatoms. The summed E-state index contributed by atoms with van der Waals surface area (Å²) in [7, 11) is 0. The van der Waals surface area contributed by atoms with Crippen LogP contribution in [0.5, 0.6) is 0 Å². The number of hydrogen-bond donors (Lipinski definition) is 1. The van der Waals surface area contributed by atoms with Gasteiger partial charge in [0, 0.05) is 11.1 Å². The minimum absolute atomic E-state index is 0.314. The molecular weight excluding hydrogens is 292 g/mol. The van der Waals surface area contributed by atoms with E-state index in [-0.39, 0.29) is 0 Å². The molecule has 0 aliphatic rings. The average molecular weight is 307 g/mol. The number of rotatable bonds is 4. The summed E-state index contributed by atoms with van der Waals surface area (Å²) in [5, 5.41) is 1.09. The summed E-state index contributed by atoms with van der Waals surface area (Å²) in [6.07, 6.45) is 1.44. The van der Waals surface area contributed by atoms with E-state index < -0.39 is 5.91 Å². The molecule has 0 spiro atoms. The Hall–Kier alpha value is -1.52. The second-order valence-corrected chi connectivity index (χ2v) is 6.17. The first-order chi connectivity index (χ1) is 9.47. The van der Waals surface area contributed by atoms with Crippen LogP contribution in [0, 0.1) is 0 Å². The van der Waals surface area contributed by atoms with Gasteiger partial charge >= 0.3 is 0 Å². The van der Waals surface area contributed by atoms with Crippen LogP contribution in [0.2, 0.25) is 5.02 Å². The molecule has 0 atom stereocenters. The van der Waals surface area contributed by atoms with Gasteiger partial charge in [-0.3, -0.25) is 4.79 Å². The third-order valence-corrected chi connectivity index (χ3v) is 4.28. The summed E-state index contributed by atoms with van der Waals surface area (Å²) in [5.41, 5.74) is 6.79. The number of pyridine rings is 1. The van der Waals surface area contributed by atoms with Crippen molar-refractivity contribution in [2.45, 2.75) is 29.7 Å². The topological polar surface area (TPSA) is 56.0 Å². The molecule has 2 N–H and O–H groups in total. The molecule has 1 heterocycles. The Labute approximate surface area is 127 Å². The zero-order valence-corrected chi connectivity index (χ0v) is 12.8. The average Bonchev–Trinajstić information content (AvgIpc) is 2.41. The molecule has 0 aliphatic heterocycles. The molecule has 3 nitrogen and oxygen atoms in total. The lowest BCUT2D eigenvalue weighted by molar-refractivity contribution is 0.1000. The smallest absolute Gasteiger partial charge is 0.250 e. The van der Waals surface area contributed by atoms with E-state index in [1.165, 1.54) is 23.5 Å². The van der Waals surface area contributed by atoms with Crippen molar-refractivity contribution in [2.24, 2.45) is 5.73 Å². The van der Waals surface area contributed by atoms with E-state index in [4.69, 9.17) is 17.3 Å². The molecule has 2 rings (SSSR count). The van der Waals surface area contributed by atoms with E-state index in [2.05, 4.69) is 31.0 Å². The Bertz CT molecular complexity index is 626. The largest absolute Gasteiger partial charge is 0.366 e. The summed E-state index contributed by atoms with van der Waals surface area (Å²) in [4.78, 5) is 16.3. The van der Waals surface area contributed by atoms with Crippen LogP contribution in [-0.4, -0.2) is 10.9 Å². The second kappa shape index (κ2) is 6.29. The zero-order valence-electron chi connectivity index (χ0n) is 11.3. The number of carbonyl (C=O) groups is 1. The number of amides is 1. The Kier molecular flexibility index (Phi) is 4.68. The third kappa shape index (κ3) is 3.52. The highest BCUT2D eigenvalue weighted by Gasteiger charge is 2.09. The lowest BCUT2D eigenvalue weighted by atomic mass is 10.0. The highest BCUT2D eigenvalue weighted by atomic mass is 35.5. The Morgan fingerprint density at radius 2 is 1.95 bits per heavy atom. The Balaban J connectivity index is 2.19. The maximum absolute atomic E-state index is 11.0. The molecule has 0 saturated carbocycles. The van der Waals surface area contributed by atoms with Gasteiger partial charge in [0.1, 0.15) is 5.03 Å². The number of aromatic nitrogens is 1. The number of nitrogens with zero attached hydrogens (tertiary/aromatic N) is 1. The summed E-state index contributed by atoms with van der Waals surface area (Å²) >= 11 is 7.57. The number of halogens is 1. The van der Waals surface area contributed by atoms with Crippen molar-refractivity contribution >= 4 is 29.3 Å². The van der Waals surface area contributed by atoms with Crippen LogP contribution in [0.1, 0.15) is 35.7 Å². The molecule has 0 unspecified atom stereocenters. The van der Waals surface area contributed by atoms with Crippen molar-refractivity contribution in [3.05, 3.63) is 52.7 Å². The standard InChI is InChI=1S/C15H15ClN2OS/c1-9(2)10-3-5-12(6-4-10)20-15-13(16)7-11(8-18-15)14(17)19/h3-9H,1-2H3,(H2,17,19). The molecule has 0 saturated heterocycles. The van der Waals surface area contributed by atoms with Gasteiger partial charge in [0.25, 0.3) is 0 Å². The predicted molar refractivity (Wildman–Crippen MR) is 82.4 cm³/mol. The summed E-state index contributed by atoms with van der Waals surface area (Å²) in [5.74, 6) is -0.0251. The van der Waals surface area contributed by atoms with Gasteiger partial charge in [-0.25, -0.2) is 4.98 Å². The van der Waals surface area contributed by atoms with Crippen LogP contribution in [0.4, 0.5) is 0 Å². The van der Waals surface area contributed by atoms with Gasteiger partial charge in [0.05, 0.1) is 10.6 Å². The van der Waals surface area contributed by atoms with Crippen molar-refractivity contribution in [1.29, 1.82) is 0 Å². The Morgan fingerprint density at radius 3 is 2.45 bits per heavy atom. The van der Waals surface area contributed by atoms with Crippen LogP contribution in [0.15, 0.2) is 46.5 Å². The second-order valence-electron chi connectivity index (χ2n) is 4.70. The third-order valence-electron chi connectivity index (χ3n) is 2.85. The molecule has 20 heavy (non-hydrogen) atoms. The van der Waals surface area contributed by atoms with Crippen LogP contribution in [-0.2, 0) is 0 Å². The molecule has 0 bridgehead atoms. The van der Waals surface area contributed by atoms with E-state index in [1.807, 2.05) is 12.1 Å². The van der Waals surface area contributed by atoms with Crippen LogP contribution < -0.4 is 5.73 Å². The Morgan fingerprint density at radius 1 is 1.30 bits per heavy atom. The van der Waals surface area contributed by atoms with Crippen LogP contribution in [0.3, 0.4) is 0 Å². The normalized spacial score (nSPS) is 10.8. The first-order valence-electron chi connectivity index (χ1n) is 6.20. The van der Waals surface area contributed by atoms with Gasteiger partial charge in [-0.2, -0.15) is 0 Å². The first kappa shape index (κ1) is 14.9. The minimum atomic E-state index is -0.530. The fraction of sp³-hybridized carbons (Fsp3) is 0.200. The fourth-order valence-corrected chi connectivity index (χ4v) is 2.71. The van der Waals surface area contributed by atoms with E-state index in [0.717, 1.165) is 4.90 Å². The maximum atomic E-state index is 11.0. The molecule has 2 aromatic rings. The zero-order chi connectivity index (χ0) is 14.7. The summed E-state index contributed by atoms with van der Waals surface area (Å²) < 4.78 is 0. The van der Waals surface area contributed by atoms with Gasteiger partial charge in [-0.1, -0.05) is 49.3 Å². The molecule has 1 aromatic carbocycles. The van der Waals surface area contributed by atoms with Crippen LogP contribution >= 0.6 is 23.4 Å². The monoisotopic (exact) mass is 306 g/mol. The van der Waals surface area contributed by atoms with Gasteiger partial charge < -0.3 is 5.73 Å². The molecule has 104 valence electrons. The van der Waals surface area contributed by atoms with E-state index in [1.54, 1.807) is 6.07 Å². The highest BCUT2D eigenvalue weighted by Crippen LogP contribution is 2.32. The lowest BCUT2D eigenvalue weighted by Gasteiger charge is -2.07. The number of benzene rings is 1. The number of primary amides is 1. The van der Waals surface area contributed by atoms with Gasteiger partial charge in [0.15, 0.2) is 0 Å². The van der Waals surface area contributed by atoms with E-state index >= 15 is 0 Å². The maximum Gasteiger partial charge on any atom is 0.250 e. The molecule has 0 aliphatic carbocycles. The van der Waals surface area contributed by atoms with E-state index in [9.17, 15) is 4.79 Å². The number of hydrogen-bond acceptors (Lipinski definition) is 3. The molecule has 0 radical (unpaired) electrons. The quantitative estimate of drug-likeness (QED) is 0.925. The summed E-state index contributed by atoms with van der Waals surface area (Å²) in [6.45, 7) is 4.31. The molecule has 1 aromatic heterocycles. The van der Waals surface area contributed by atoms with Crippen molar-refractivity contribution < 1.29 is 4.79 Å². The van der Waals surface area contributed by atoms with Crippen molar-refractivity contribution in [3.63, 3.8) is 0 Å². The van der Waals surface area contributed by atoms with Crippen molar-refractivity contribution in [1.82, 2.24) is 4.98 Å². The predicted octanol–water partition coefficient (Wildman–Crippen LogP) is 4.11. The lowest BCUT2D eigenvalue weighted by Crippen LogP contribution is -2.11. The number of nitrogens with two attached hydrogens (primary N) is 1. The summed E-state index contributed by atoms with van der Waals surface area (Å²) in [6, 6.07) is 9.82. The van der Waals surface area contributed by atoms with Crippen molar-refractivity contribution in [2.75, 3.05) is 0 Å². The van der Waals surface area contributed by atoms with Gasteiger partial charge in [-0.05, 0) is 29.7 Å². The van der Waals surface area contributed by atoms with Gasteiger partial charge in [-0.15, -0.1) is 0 Å². The first-order valence-corrected chi connectivity index (χ1v) is 7.40. The van der Waals surface area contributed by atoms with E-state index in [0.29, 0.717) is 21.5 Å². The number of carbonyl (C=O) groups excluding carboxylic acids is 1. The fourth-order valence-electron chi connectivity index (χ4n) is 1.67. The molecule has 0 fully saturated rings. The molecule has 1 amide bonds. The van der Waals surface area contributed by atoms with Gasteiger partial charge in [0.2, 0.25) is 5.91 Å².